The van der Waals surface area contributed by atoms with Gasteiger partial charge < -0.3 is 5.32 Å². The summed E-state index contributed by atoms with van der Waals surface area (Å²) in [6, 6.07) is 1.94. The summed E-state index contributed by atoms with van der Waals surface area (Å²) in [4.78, 5) is 9.14. The molecule has 0 aliphatic carbocycles. The van der Waals surface area contributed by atoms with Crippen molar-refractivity contribution in [2.45, 2.75) is 47.0 Å². The van der Waals surface area contributed by atoms with Crippen molar-refractivity contribution in [1.82, 2.24) is 19.7 Å². The van der Waals surface area contributed by atoms with E-state index in [4.69, 9.17) is 0 Å². The Morgan fingerprint density at radius 2 is 1.95 bits per heavy atom. The molecule has 0 atom stereocenters. The summed E-state index contributed by atoms with van der Waals surface area (Å²) in [7, 11) is 1.87. The molecule has 0 bridgehead atoms. The lowest BCUT2D eigenvalue weighted by molar-refractivity contribution is 0.736. The monoisotopic (exact) mass is 273 g/mol. The first kappa shape index (κ1) is 14.5. The van der Waals surface area contributed by atoms with Gasteiger partial charge in [0.25, 0.3) is 0 Å². The lowest BCUT2D eigenvalue weighted by Gasteiger charge is -2.11. The minimum Gasteiger partial charge on any atom is -0.373 e. The Balaban J connectivity index is 2.60. The van der Waals surface area contributed by atoms with E-state index in [1.165, 1.54) is 5.56 Å². The Kier molecular flexibility index (Phi) is 4.06. The normalized spacial score (nSPS) is 11.2. The van der Waals surface area contributed by atoms with Crippen LogP contribution in [0.1, 0.15) is 49.5 Å². The summed E-state index contributed by atoms with van der Waals surface area (Å²) in [6.45, 7) is 10.5. The Labute approximate surface area is 120 Å². The molecule has 2 aromatic heterocycles. The Morgan fingerprint density at radius 3 is 2.45 bits per heavy atom. The molecular weight excluding hydrogens is 250 g/mol. The number of nitrogens with zero attached hydrogens (tertiary/aromatic N) is 4. The zero-order valence-electron chi connectivity index (χ0n) is 13.2. The van der Waals surface area contributed by atoms with E-state index in [0.29, 0.717) is 0 Å². The zero-order valence-corrected chi connectivity index (χ0v) is 13.2. The van der Waals surface area contributed by atoms with E-state index in [1.54, 1.807) is 0 Å². The molecule has 0 aliphatic heterocycles. The predicted octanol–water partition coefficient (Wildman–Crippen LogP) is 3.01. The van der Waals surface area contributed by atoms with Crippen LogP contribution in [0.5, 0.6) is 0 Å². The van der Waals surface area contributed by atoms with Crippen LogP contribution in [0.25, 0.3) is 5.82 Å². The van der Waals surface area contributed by atoms with Crippen LogP contribution in [0.3, 0.4) is 0 Å². The fourth-order valence-electron chi connectivity index (χ4n) is 2.36. The van der Waals surface area contributed by atoms with Gasteiger partial charge in [-0.05, 0) is 25.8 Å². The van der Waals surface area contributed by atoms with E-state index in [-0.39, 0.29) is 5.92 Å². The molecule has 0 aromatic carbocycles. The largest absolute Gasteiger partial charge is 0.373 e. The topological polar surface area (TPSA) is 55.6 Å². The number of aryl methyl sites for hydroxylation is 1. The van der Waals surface area contributed by atoms with Gasteiger partial charge in [-0.25, -0.2) is 14.6 Å². The van der Waals surface area contributed by atoms with Gasteiger partial charge in [0.2, 0.25) is 0 Å². The molecule has 0 amide bonds. The van der Waals surface area contributed by atoms with Gasteiger partial charge in [-0.15, -0.1) is 0 Å². The summed E-state index contributed by atoms with van der Waals surface area (Å²) >= 11 is 0. The molecule has 0 fully saturated rings. The molecule has 0 radical (unpaired) electrons. The maximum absolute atomic E-state index is 4.65. The average Bonchev–Trinajstić information content (AvgIpc) is 2.72. The number of aromatic nitrogens is 4. The minimum atomic E-state index is 0.282. The molecule has 0 spiro atoms. The molecule has 1 N–H and O–H groups in total. The summed E-state index contributed by atoms with van der Waals surface area (Å²) in [6.07, 6.45) is 0.985. The van der Waals surface area contributed by atoms with Crippen LogP contribution >= 0.6 is 0 Å². The molecule has 0 aliphatic rings. The molecule has 20 heavy (non-hydrogen) atoms. The number of hydrogen-bond donors (Lipinski definition) is 1. The van der Waals surface area contributed by atoms with Crippen LogP contribution in [0.2, 0.25) is 0 Å². The van der Waals surface area contributed by atoms with Crippen LogP contribution in [0.4, 0.5) is 5.82 Å². The van der Waals surface area contributed by atoms with E-state index < -0.39 is 0 Å². The number of anilines is 1. The summed E-state index contributed by atoms with van der Waals surface area (Å²) in [5.74, 6) is 2.76. The first-order valence-corrected chi connectivity index (χ1v) is 7.10. The molecule has 2 heterocycles. The van der Waals surface area contributed by atoms with E-state index in [1.807, 2.05) is 24.7 Å². The molecule has 5 nitrogen and oxygen atoms in total. The van der Waals surface area contributed by atoms with Crippen LogP contribution in [0, 0.1) is 13.8 Å². The molecule has 2 rings (SSSR count). The molecule has 108 valence electrons. The second kappa shape index (κ2) is 5.61. The van der Waals surface area contributed by atoms with E-state index in [9.17, 15) is 0 Å². The van der Waals surface area contributed by atoms with Gasteiger partial charge >= 0.3 is 0 Å². The average molecular weight is 273 g/mol. The van der Waals surface area contributed by atoms with E-state index in [2.05, 4.69) is 48.1 Å². The Morgan fingerprint density at radius 1 is 1.25 bits per heavy atom. The molecule has 0 saturated heterocycles. The standard InChI is InChI=1S/C15H23N5/c1-7-12-10(4)19-20(11(12)5)14-8-13(16-6)17-15(18-14)9(2)3/h8-9H,7H2,1-6H3,(H,16,17,18). The van der Waals surface area contributed by atoms with Gasteiger partial charge in [-0.3, -0.25) is 0 Å². The highest BCUT2D eigenvalue weighted by Crippen LogP contribution is 2.20. The van der Waals surface area contributed by atoms with Gasteiger partial charge in [-0.1, -0.05) is 20.8 Å². The molecule has 0 saturated carbocycles. The number of hydrogen-bond acceptors (Lipinski definition) is 4. The van der Waals surface area contributed by atoms with Crippen LogP contribution in [-0.4, -0.2) is 26.8 Å². The second-order valence-electron chi connectivity index (χ2n) is 5.29. The summed E-state index contributed by atoms with van der Waals surface area (Å²) < 4.78 is 1.92. The van der Waals surface area contributed by atoms with Crippen molar-refractivity contribution in [3.63, 3.8) is 0 Å². The van der Waals surface area contributed by atoms with Crippen molar-refractivity contribution in [3.8, 4) is 5.82 Å². The molecule has 2 aromatic rings. The van der Waals surface area contributed by atoms with Crippen molar-refractivity contribution in [1.29, 1.82) is 0 Å². The highest BCUT2D eigenvalue weighted by Gasteiger charge is 2.14. The summed E-state index contributed by atoms with van der Waals surface area (Å²) in [5, 5.41) is 7.72. The van der Waals surface area contributed by atoms with Crippen molar-refractivity contribution in [3.05, 3.63) is 28.8 Å². The smallest absolute Gasteiger partial charge is 0.159 e. The SMILES string of the molecule is CCc1c(C)nn(-c2cc(NC)nc(C(C)C)n2)c1C. The zero-order chi connectivity index (χ0) is 14.9. The van der Waals surface area contributed by atoms with Crippen LogP contribution in [-0.2, 0) is 6.42 Å². The third-order valence-electron chi connectivity index (χ3n) is 3.51. The lowest BCUT2D eigenvalue weighted by atomic mass is 10.1. The molecule has 0 unspecified atom stereocenters. The van der Waals surface area contributed by atoms with Crippen LogP contribution < -0.4 is 5.32 Å². The van der Waals surface area contributed by atoms with Crippen LogP contribution in [0.15, 0.2) is 6.07 Å². The Hall–Kier alpha value is -1.91. The number of rotatable bonds is 4. The van der Waals surface area contributed by atoms with Gasteiger partial charge in [0, 0.05) is 24.7 Å². The van der Waals surface area contributed by atoms with Gasteiger partial charge in [0.15, 0.2) is 5.82 Å². The van der Waals surface area contributed by atoms with E-state index in [0.717, 1.165) is 35.3 Å². The highest BCUT2D eigenvalue weighted by atomic mass is 15.3. The van der Waals surface area contributed by atoms with E-state index >= 15 is 0 Å². The number of nitrogens with one attached hydrogen (secondary N) is 1. The van der Waals surface area contributed by atoms with Gasteiger partial charge in [0.1, 0.15) is 11.6 Å². The minimum absolute atomic E-state index is 0.282. The Bertz CT molecular complexity index is 613. The van der Waals surface area contributed by atoms with Gasteiger partial charge in [0.05, 0.1) is 5.69 Å². The third kappa shape index (κ3) is 2.53. The lowest BCUT2D eigenvalue weighted by Crippen LogP contribution is -2.09. The molecule has 5 heteroatoms. The quantitative estimate of drug-likeness (QED) is 0.930. The van der Waals surface area contributed by atoms with Crippen molar-refractivity contribution in [2.75, 3.05) is 12.4 Å². The molecular formula is C15H23N5. The van der Waals surface area contributed by atoms with Crippen molar-refractivity contribution >= 4 is 5.82 Å². The highest BCUT2D eigenvalue weighted by molar-refractivity contribution is 5.43. The fraction of sp³-hybridized carbons (Fsp3) is 0.533. The first-order chi connectivity index (χ1) is 9.47. The first-order valence-electron chi connectivity index (χ1n) is 7.10. The second-order valence-corrected chi connectivity index (χ2v) is 5.29. The van der Waals surface area contributed by atoms with Crippen molar-refractivity contribution < 1.29 is 0 Å². The van der Waals surface area contributed by atoms with Crippen molar-refractivity contribution in [2.24, 2.45) is 0 Å². The maximum Gasteiger partial charge on any atom is 0.159 e. The van der Waals surface area contributed by atoms with Gasteiger partial charge in [-0.2, -0.15) is 5.10 Å². The predicted molar refractivity (Wildman–Crippen MR) is 81.6 cm³/mol. The fourth-order valence-corrected chi connectivity index (χ4v) is 2.36. The third-order valence-corrected chi connectivity index (χ3v) is 3.51. The maximum atomic E-state index is 4.65. The summed E-state index contributed by atoms with van der Waals surface area (Å²) in [5.41, 5.74) is 3.52.